The Labute approximate surface area is 179 Å². The van der Waals surface area contributed by atoms with E-state index >= 15 is 0 Å². The summed E-state index contributed by atoms with van der Waals surface area (Å²) in [6, 6.07) is 10.7. The molecular weight excluding hydrogens is 400 g/mol. The number of anilines is 1. The number of rotatable bonds is 4. The average molecular weight is 417 g/mol. The molecule has 0 radical (unpaired) electrons. The maximum absolute atomic E-state index is 12.7. The monoisotopic (exact) mass is 416 g/mol. The van der Waals surface area contributed by atoms with Crippen LogP contribution in [0.1, 0.15) is 41.2 Å². The smallest absolute Gasteiger partial charge is 0.255 e. The lowest BCUT2D eigenvalue weighted by atomic mass is 9.90. The van der Waals surface area contributed by atoms with Crippen LogP contribution in [0.3, 0.4) is 0 Å². The van der Waals surface area contributed by atoms with Crippen molar-refractivity contribution in [3.05, 3.63) is 70.5 Å². The number of hydrogen-bond acceptors (Lipinski definition) is 6. The lowest BCUT2D eigenvalue weighted by Crippen LogP contribution is -2.18. The van der Waals surface area contributed by atoms with Gasteiger partial charge < -0.3 is 5.32 Å². The average Bonchev–Trinajstić information content (AvgIpc) is 2.75. The van der Waals surface area contributed by atoms with Crippen molar-refractivity contribution < 1.29 is 4.79 Å². The number of nitrogens with zero attached hydrogens (tertiary/aromatic N) is 5. The first-order valence-electron chi connectivity index (χ1n) is 8.97. The fraction of sp³-hybridized carbons (Fsp3) is 0.182. The van der Waals surface area contributed by atoms with Crippen LogP contribution in [0.25, 0.3) is 11.1 Å². The Balaban J connectivity index is 1.91. The van der Waals surface area contributed by atoms with Gasteiger partial charge in [0.2, 0.25) is 0 Å². The molecule has 0 fully saturated rings. The van der Waals surface area contributed by atoms with Crippen LogP contribution < -0.4 is 5.32 Å². The van der Waals surface area contributed by atoms with Crippen LogP contribution in [-0.4, -0.2) is 20.9 Å². The summed E-state index contributed by atoms with van der Waals surface area (Å²) in [7, 11) is 0. The van der Waals surface area contributed by atoms with Gasteiger partial charge in [-0.2, -0.15) is 10.5 Å². The molecule has 0 bridgehead atoms. The summed E-state index contributed by atoms with van der Waals surface area (Å²) < 4.78 is 0. The normalized spacial score (nSPS) is 10.7. The van der Waals surface area contributed by atoms with Gasteiger partial charge >= 0.3 is 0 Å². The van der Waals surface area contributed by atoms with Gasteiger partial charge in [0.05, 0.1) is 34.6 Å². The first-order chi connectivity index (χ1) is 14.2. The minimum absolute atomic E-state index is 0.130. The predicted octanol–water partition coefficient (Wildman–Crippen LogP) is 4.43. The first-order valence-corrected chi connectivity index (χ1v) is 9.35. The first kappa shape index (κ1) is 20.9. The van der Waals surface area contributed by atoms with Gasteiger partial charge in [-0.1, -0.05) is 11.6 Å². The van der Waals surface area contributed by atoms with E-state index in [2.05, 4.69) is 26.3 Å². The van der Waals surface area contributed by atoms with Crippen molar-refractivity contribution in [1.82, 2.24) is 15.0 Å². The Morgan fingerprint density at radius 3 is 2.60 bits per heavy atom. The van der Waals surface area contributed by atoms with Crippen LogP contribution >= 0.6 is 11.6 Å². The third kappa shape index (κ3) is 4.27. The number of nitriles is 2. The Morgan fingerprint density at radius 1 is 1.13 bits per heavy atom. The van der Waals surface area contributed by atoms with Crippen molar-refractivity contribution in [3.63, 3.8) is 0 Å². The zero-order chi connectivity index (χ0) is 21.9. The number of aryl methyl sites for hydroxylation is 1. The van der Waals surface area contributed by atoms with Gasteiger partial charge in [-0.15, -0.1) is 0 Å². The number of hydrogen-bond donors (Lipinski definition) is 1. The number of amides is 1. The van der Waals surface area contributed by atoms with E-state index in [1.54, 1.807) is 50.5 Å². The minimum Gasteiger partial charge on any atom is -0.321 e. The Kier molecular flexibility index (Phi) is 5.77. The second kappa shape index (κ2) is 8.28. The summed E-state index contributed by atoms with van der Waals surface area (Å²) >= 11 is 5.92. The van der Waals surface area contributed by atoms with Gasteiger partial charge in [-0.25, -0.2) is 4.98 Å². The van der Waals surface area contributed by atoms with E-state index in [0.717, 1.165) is 5.56 Å². The molecule has 148 valence electrons. The van der Waals surface area contributed by atoms with Crippen molar-refractivity contribution in [3.8, 4) is 23.3 Å². The molecule has 7 nitrogen and oxygen atoms in total. The largest absolute Gasteiger partial charge is 0.321 e. The minimum atomic E-state index is -0.811. The molecule has 0 aromatic carbocycles. The third-order valence-electron chi connectivity index (χ3n) is 4.56. The second-order valence-electron chi connectivity index (χ2n) is 7.15. The second-order valence-corrected chi connectivity index (χ2v) is 7.51. The summed E-state index contributed by atoms with van der Waals surface area (Å²) in [4.78, 5) is 25.3. The topological polar surface area (TPSA) is 115 Å². The van der Waals surface area contributed by atoms with Crippen LogP contribution in [0, 0.1) is 29.6 Å². The number of aromatic nitrogens is 3. The number of pyridine rings is 3. The molecular formula is C22H17ClN6O. The summed E-state index contributed by atoms with van der Waals surface area (Å²) in [6.07, 6.45) is 4.61. The SMILES string of the molecule is Cc1ncc(NC(=O)c2ccnc(C(C)(C)C#N)c2)cc1-c1cnc(Cl)c(C#N)c1. The zero-order valence-electron chi connectivity index (χ0n) is 16.6. The Hall–Kier alpha value is -3.81. The molecule has 0 saturated heterocycles. The maximum Gasteiger partial charge on any atom is 0.255 e. The number of carbonyl (C=O) groups excluding carboxylic acids is 1. The van der Waals surface area contributed by atoms with E-state index in [1.807, 2.05) is 13.0 Å². The lowest BCUT2D eigenvalue weighted by molar-refractivity contribution is 0.102. The number of halogens is 1. The summed E-state index contributed by atoms with van der Waals surface area (Å²) in [6.45, 7) is 5.30. The standard InChI is InChI=1S/C22H17ClN6O/c1-13-18(16-6-15(9-24)20(23)28-10-16)8-17(11-27-13)29-21(30)14-4-5-26-19(7-14)22(2,3)12-25/h4-8,10-11H,1-3H3,(H,29,30). The maximum atomic E-state index is 12.7. The molecule has 0 aliphatic heterocycles. The van der Waals surface area contributed by atoms with Gasteiger partial charge in [-0.05, 0) is 45.0 Å². The lowest BCUT2D eigenvalue weighted by Gasteiger charge is -2.15. The van der Waals surface area contributed by atoms with Crippen molar-refractivity contribution in [2.24, 2.45) is 0 Å². The molecule has 0 aliphatic carbocycles. The van der Waals surface area contributed by atoms with E-state index in [-0.39, 0.29) is 16.6 Å². The van der Waals surface area contributed by atoms with Crippen molar-refractivity contribution in [1.29, 1.82) is 10.5 Å². The van der Waals surface area contributed by atoms with Crippen LogP contribution in [0.2, 0.25) is 5.15 Å². The van der Waals surface area contributed by atoms with Crippen molar-refractivity contribution in [2.75, 3.05) is 5.32 Å². The number of carbonyl (C=O) groups is 1. The highest BCUT2D eigenvalue weighted by Crippen LogP contribution is 2.27. The quantitative estimate of drug-likeness (QED) is 0.629. The summed E-state index contributed by atoms with van der Waals surface area (Å²) in [5, 5.41) is 21.4. The molecule has 0 spiro atoms. The van der Waals surface area contributed by atoms with Crippen LogP contribution in [0.15, 0.2) is 42.9 Å². The van der Waals surface area contributed by atoms with Gasteiger partial charge in [-0.3, -0.25) is 14.8 Å². The van der Waals surface area contributed by atoms with E-state index in [4.69, 9.17) is 11.6 Å². The van der Waals surface area contributed by atoms with Gasteiger partial charge in [0.15, 0.2) is 0 Å². The van der Waals surface area contributed by atoms with Crippen molar-refractivity contribution >= 4 is 23.2 Å². The molecule has 1 amide bonds. The summed E-state index contributed by atoms with van der Waals surface area (Å²) in [5.74, 6) is -0.351. The third-order valence-corrected chi connectivity index (χ3v) is 4.86. The van der Waals surface area contributed by atoms with E-state index < -0.39 is 5.41 Å². The predicted molar refractivity (Wildman–Crippen MR) is 113 cm³/mol. The van der Waals surface area contributed by atoms with Crippen molar-refractivity contribution in [2.45, 2.75) is 26.2 Å². The highest BCUT2D eigenvalue weighted by atomic mass is 35.5. The van der Waals surface area contributed by atoms with Gasteiger partial charge in [0.1, 0.15) is 11.2 Å². The van der Waals surface area contributed by atoms with E-state index in [1.165, 1.54) is 6.20 Å². The van der Waals surface area contributed by atoms with Gasteiger partial charge in [0, 0.05) is 34.8 Å². The van der Waals surface area contributed by atoms with Crippen LogP contribution in [0.4, 0.5) is 5.69 Å². The molecule has 8 heteroatoms. The highest BCUT2D eigenvalue weighted by molar-refractivity contribution is 6.30. The van der Waals surface area contributed by atoms with Crippen LogP contribution in [0.5, 0.6) is 0 Å². The molecule has 3 aromatic rings. The summed E-state index contributed by atoms with van der Waals surface area (Å²) in [5.41, 5.74) is 2.91. The molecule has 0 aliphatic rings. The Morgan fingerprint density at radius 2 is 1.90 bits per heavy atom. The number of nitrogens with one attached hydrogen (secondary N) is 1. The molecule has 3 rings (SSSR count). The molecule has 0 atom stereocenters. The Bertz CT molecular complexity index is 1220. The molecule has 0 unspecified atom stereocenters. The molecule has 0 saturated carbocycles. The molecule has 3 aromatic heterocycles. The molecule has 1 N–H and O–H groups in total. The fourth-order valence-electron chi connectivity index (χ4n) is 2.74. The molecule has 3 heterocycles. The fourth-order valence-corrected chi connectivity index (χ4v) is 2.89. The van der Waals surface area contributed by atoms with E-state index in [9.17, 15) is 15.3 Å². The van der Waals surface area contributed by atoms with Crippen LogP contribution in [-0.2, 0) is 5.41 Å². The van der Waals surface area contributed by atoms with E-state index in [0.29, 0.717) is 28.2 Å². The molecule has 30 heavy (non-hydrogen) atoms. The van der Waals surface area contributed by atoms with Gasteiger partial charge in [0.25, 0.3) is 5.91 Å². The highest BCUT2D eigenvalue weighted by Gasteiger charge is 2.22. The zero-order valence-corrected chi connectivity index (χ0v) is 17.3.